The van der Waals surface area contributed by atoms with Crippen LogP contribution in [0.2, 0.25) is 0 Å². The van der Waals surface area contributed by atoms with E-state index >= 15 is 0 Å². The number of piperidine rings is 1. The fraction of sp³-hybridized carbons (Fsp3) is 0.762. The van der Waals surface area contributed by atoms with Gasteiger partial charge in [0.15, 0.2) is 0 Å². The number of aryl methyl sites for hydroxylation is 2. The van der Waals surface area contributed by atoms with Crippen LogP contribution in [0.15, 0.2) is 6.07 Å². The Morgan fingerprint density at radius 3 is 2.55 bits per heavy atom. The van der Waals surface area contributed by atoms with Crippen LogP contribution < -0.4 is 0 Å². The molecule has 0 aliphatic carbocycles. The highest BCUT2D eigenvalue weighted by molar-refractivity contribution is 5.92. The fourth-order valence-corrected chi connectivity index (χ4v) is 4.56. The molecule has 8 heteroatoms. The number of carbonyl (C=O) groups is 2. The van der Waals surface area contributed by atoms with Gasteiger partial charge in [-0.05, 0) is 38.7 Å². The Labute approximate surface area is 173 Å². The summed E-state index contributed by atoms with van der Waals surface area (Å²) in [6.45, 7) is 8.21. The minimum atomic E-state index is -0.00552. The van der Waals surface area contributed by atoms with Crippen LogP contribution in [0.1, 0.15) is 48.8 Å². The third kappa shape index (κ3) is 5.36. The molecule has 2 saturated heterocycles. The van der Waals surface area contributed by atoms with Crippen molar-refractivity contribution in [2.45, 2.75) is 51.6 Å². The summed E-state index contributed by atoms with van der Waals surface area (Å²) in [6, 6.07) is 2.63. The van der Waals surface area contributed by atoms with E-state index in [1.165, 1.54) is 0 Å². The first kappa shape index (κ1) is 21.8. The Balaban J connectivity index is 1.67. The SMILES string of the molecule is CC(=O)N1CCCC(N(CCN(C)C(=O)c2cc(C)nn2C)C2CCOCC2)C1. The normalized spacial score (nSPS) is 20.9. The summed E-state index contributed by atoms with van der Waals surface area (Å²) in [5.41, 5.74) is 1.46. The Hall–Kier alpha value is -1.93. The summed E-state index contributed by atoms with van der Waals surface area (Å²) in [7, 11) is 3.66. The molecule has 0 bridgehead atoms. The lowest BCUT2D eigenvalue weighted by atomic mass is 9.98. The Bertz CT molecular complexity index is 713. The van der Waals surface area contributed by atoms with Crippen molar-refractivity contribution in [3.63, 3.8) is 0 Å². The van der Waals surface area contributed by atoms with Gasteiger partial charge in [0, 0.05) is 72.5 Å². The summed E-state index contributed by atoms with van der Waals surface area (Å²) in [4.78, 5) is 31.1. The smallest absolute Gasteiger partial charge is 0.271 e. The monoisotopic (exact) mass is 405 g/mol. The van der Waals surface area contributed by atoms with Crippen LogP contribution in [0.3, 0.4) is 0 Å². The molecule has 0 aromatic carbocycles. The molecule has 1 aromatic rings. The topological polar surface area (TPSA) is 70.9 Å². The van der Waals surface area contributed by atoms with Gasteiger partial charge >= 0.3 is 0 Å². The number of ether oxygens (including phenoxy) is 1. The van der Waals surface area contributed by atoms with Crippen LogP contribution in [0.5, 0.6) is 0 Å². The second-order valence-electron chi connectivity index (χ2n) is 8.36. The van der Waals surface area contributed by atoms with E-state index in [0.717, 1.165) is 64.2 Å². The van der Waals surface area contributed by atoms with Crippen LogP contribution >= 0.6 is 0 Å². The van der Waals surface area contributed by atoms with E-state index in [-0.39, 0.29) is 11.8 Å². The second-order valence-corrected chi connectivity index (χ2v) is 8.36. The maximum atomic E-state index is 12.9. The number of hydrogen-bond acceptors (Lipinski definition) is 5. The maximum Gasteiger partial charge on any atom is 0.271 e. The van der Waals surface area contributed by atoms with Crippen molar-refractivity contribution in [2.24, 2.45) is 7.05 Å². The van der Waals surface area contributed by atoms with Crippen molar-refractivity contribution in [2.75, 3.05) is 46.4 Å². The molecular weight excluding hydrogens is 370 g/mol. The Kier molecular flexibility index (Phi) is 7.29. The standard InChI is InChI=1S/C21H35N5O3/c1-16-14-20(24(4)22-16)21(28)23(3)10-11-26(18-7-12-29-13-8-18)19-6-5-9-25(15-19)17(2)27/h14,18-19H,5-13,15H2,1-4H3. The molecule has 2 fully saturated rings. The highest BCUT2D eigenvalue weighted by Gasteiger charge is 2.32. The Morgan fingerprint density at radius 2 is 1.93 bits per heavy atom. The summed E-state index contributed by atoms with van der Waals surface area (Å²) in [6.07, 6.45) is 4.15. The van der Waals surface area contributed by atoms with Crippen molar-refractivity contribution >= 4 is 11.8 Å². The van der Waals surface area contributed by atoms with Crippen LogP contribution in [0.4, 0.5) is 0 Å². The van der Waals surface area contributed by atoms with Crippen LogP contribution in [-0.4, -0.2) is 94.8 Å². The van der Waals surface area contributed by atoms with Crippen molar-refractivity contribution in [1.29, 1.82) is 0 Å². The van der Waals surface area contributed by atoms with E-state index in [4.69, 9.17) is 4.74 Å². The average molecular weight is 406 g/mol. The van der Waals surface area contributed by atoms with Crippen LogP contribution in [0, 0.1) is 6.92 Å². The van der Waals surface area contributed by atoms with Gasteiger partial charge in [-0.25, -0.2) is 0 Å². The molecule has 0 radical (unpaired) electrons. The number of amides is 2. The van der Waals surface area contributed by atoms with Crippen molar-refractivity contribution in [3.8, 4) is 0 Å². The van der Waals surface area contributed by atoms with E-state index < -0.39 is 0 Å². The number of rotatable bonds is 6. The molecule has 3 rings (SSSR count). The molecule has 8 nitrogen and oxygen atoms in total. The van der Waals surface area contributed by atoms with Crippen molar-refractivity contribution in [1.82, 2.24) is 24.5 Å². The average Bonchev–Trinajstić information content (AvgIpc) is 3.06. The van der Waals surface area contributed by atoms with Crippen LogP contribution in [-0.2, 0) is 16.6 Å². The number of likely N-dealkylation sites (N-methyl/N-ethyl adjacent to an activating group) is 1. The summed E-state index contributed by atoms with van der Waals surface area (Å²) in [5, 5.41) is 4.29. The zero-order valence-corrected chi connectivity index (χ0v) is 18.3. The van der Waals surface area contributed by atoms with E-state index in [1.807, 2.05) is 24.9 Å². The minimum Gasteiger partial charge on any atom is -0.381 e. The molecular formula is C21H35N5O3. The van der Waals surface area contributed by atoms with E-state index in [0.29, 0.717) is 24.3 Å². The molecule has 1 atom stereocenters. The van der Waals surface area contributed by atoms with Gasteiger partial charge in [0.05, 0.1) is 5.69 Å². The third-order valence-electron chi connectivity index (χ3n) is 6.23. The van der Waals surface area contributed by atoms with Gasteiger partial charge in [-0.15, -0.1) is 0 Å². The maximum absolute atomic E-state index is 12.9. The number of carbonyl (C=O) groups excluding carboxylic acids is 2. The molecule has 3 heterocycles. The molecule has 2 aliphatic rings. The van der Waals surface area contributed by atoms with Gasteiger partial charge in [0.1, 0.15) is 5.69 Å². The fourth-order valence-electron chi connectivity index (χ4n) is 4.56. The van der Waals surface area contributed by atoms with Gasteiger partial charge in [0.2, 0.25) is 5.91 Å². The molecule has 0 spiro atoms. The molecule has 1 aromatic heterocycles. The zero-order chi connectivity index (χ0) is 21.0. The van der Waals surface area contributed by atoms with Gasteiger partial charge in [-0.3, -0.25) is 19.2 Å². The lowest BCUT2D eigenvalue weighted by Gasteiger charge is -2.44. The number of aromatic nitrogens is 2. The number of nitrogens with zero attached hydrogens (tertiary/aromatic N) is 5. The summed E-state index contributed by atoms with van der Waals surface area (Å²) >= 11 is 0. The van der Waals surface area contributed by atoms with Gasteiger partial charge in [0.25, 0.3) is 5.91 Å². The Morgan fingerprint density at radius 1 is 1.21 bits per heavy atom. The van der Waals surface area contributed by atoms with Gasteiger partial charge < -0.3 is 14.5 Å². The molecule has 2 amide bonds. The van der Waals surface area contributed by atoms with E-state index in [2.05, 4.69) is 10.00 Å². The summed E-state index contributed by atoms with van der Waals surface area (Å²) < 4.78 is 7.22. The molecule has 2 aliphatic heterocycles. The first-order valence-corrected chi connectivity index (χ1v) is 10.7. The molecule has 1 unspecified atom stereocenters. The largest absolute Gasteiger partial charge is 0.381 e. The highest BCUT2D eigenvalue weighted by Crippen LogP contribution is 2.23. The first-order chi connectivity index (χ1) is 13.9. The summed E-state index contributed by atoms with van der Waals surface area (Å²) in [5.74, 6) is 0.148. The molecule has 29 heavy (non-hydrogen) atoms. The second kappa shape index (κ2) is 9.71. The number of likely N-dealkylation sites (tertiary alicyclic amines) is 1. The predicted molar refractivity (Wildman–Crippen MR) is 111 cm³/mol. The number of hydrogen-bond donors (Lipinski definition) is 0. The molecule has 0 saturated carbocycles. The van der Waals surface area contributed by atoms with Crippen molar-refractivity contribution in [3.05, 3.63) is 17.5 Å². The van der Waals surface area contributed by atoms with Gasteiger partial charge in [-0.2, -0.15) is 5.10 Å². The van der Waals surface area contributed by atoms with Gasteiger partial charge in [-0.1, -0.05) is 0 Å². The quantitative estimate of drug-likeness (QED) is 0.713. The van der Waals surface area contributed by atoms with Crippen molar-refractivity contribution < 1.29 is 14.3 Å². The highest BCUT2D eigenvalue weighted by atomic mass is 16.5. The minimum absolute atomic E-state index is 0.00552. The van der Waals surface area contributed by atoms with E-state index in [9.17, 15) is 9.59 Å². The van der Waals surface area contributed by atoms with E-state index in [1.54, 1.807) is 23.6 Å². The zero-order valence-electron chi connectivity index (χ0n) is 18.3. The lowest BCUT2D eigenvalue weighted by molar-refractivity contribution is -0.131. The lowest BCUT2D eigenvalue weighted by Crippen LogP contribution is -2.55. The third-order valence-corrected chi connectivity index (χ3v) is 6.23. The molecule has 162 valence electrons. The first-order valence-electron chi connectivity index (χ1n) is 10.7. The van der Waals surface area contributed by atoms with Crippen LogP contribution in [0.25, 0.3) is 0 Å². The predicted octanol–water partition coefficient (Wildman–Crippen LogP) is 1.29. The molecule has 0 N–H and O–H groups in total.